The van der Waals surface area contributed by atoms with Gasteiger partial charge in [0.1, 0.15) is 18.0 Å². The van der Waals surface area contributed by atoms with Gasteiger partial charge in [-0.15, -0.1) is 0 Å². The van der Waals surface area contributed by atoms with E-state index < -0.39 is 74.9 Å². The third-order valence-electron chi connectivity index (χ3n) is 12.7. The third-order valence-corrected chi connectivity index (χ3v) is 18.0. The van der Waals surface area contributed by atoms with Crippen molar-refractivity contribution in [1.29, 1.82) is 0 Å². The van der Waals surface area contributed by atoms with Gasteiger partial charge in [0.15, 0.2) is 25.9 Å². The van der Waals surface area contributed by atoms with E-state index in [-0.39, 0.29) is 42.1 Å². The van der Waals surface area contributed by atoms with Gasteiger partial charge in [0.2, 0.25) is 0 Å². The molecule has 0 saturated carbocycles. The molecule has 1 aromatic rings. The molecular formula is C41H65NO12Si. The molecule has 4 aliphatic rings. The monoisotopic (exact) mass is 791 g/mol. The molecule has 0 spiro atoms. The first-order chi connectivity index (χ1) is 25.7. The maximum absolute atomic E-state index is 13.7. The van der Waals surface area contributed by atoms with Crippen molar-refractivity contribution < 1.29 is 57.3 Å². The van der Waals surface area contributed by atoms with E-state index >= 15 is 0 Å². The Morgan fingerprint density at radius 3 is 2.29 bits per heavy atom. The van der Waals surface area contributed by atoms with E-state index in [9.17, 15) is 14.7 Å². The van der Waals surface area contributed by atoms with Gasteiger partial charge in [-0.25, -0.2) is 4.79 Å². The zero-order valence-electron chi connectivity index (χ0n) is 35.1. The van der Waals surface area contributed by atoms with Crippen molar-refractivity contribution in [2.45, 2.75) is 160 Å². The maximum atomic E-state index is 13.7. The highest BCUT2D eigenvalue weighted by molar-refractivity contribution is 6.79. The SMILES string of the molecule is COc1ccc(COC[C@@H]2C/C(C)=C/[C@@H](OC)[C@@H](C)[C@@H]3O[C@](O)(CC(=O)O2)C[C@H](O[C@@H]2O[C@@H](C)[C@H]4N([Si](C)(C)C(C)(C)C)C(=O)O[C@@]4(C)[C@H]2OC)[C@H]3C)cc1. The number of fused-ring (bicyclic) bond motifs is 3. The fraction of sp³-hybridized carbons (Fsp3) is 0.756. The average Bonchev–Trinajstić information content (AvgIpc) is 3.39. The zero-order valence-corrected chi connectivity index (χ0v) is 36.1. The molecule has 0 radical (unpaired) electrons. The van der Waals surface area contributed by atoms with Gasteiger partial charge in [-0.2, -0.15) is 0 Å². The number of carbonyl (C=O) groups is 2. The number of amides is 1. The molecule has 3 fully saturated rings. The third kappa shape index (κ3) is 8.96. The molecule has 55 heavy (non-hydrogen) atoms. The van der Waals surface area contributed by atoms with Gasteiger partial charge in [0.25, 0.3) is 0 Å². The second-order valence-electron chi connectivity index (χ2n) is 17.7. The minimum absolute atomic E-state index is 0.0433. The molecule has 12 atom stereocenters. The molecule has 5 rings (SSSR count). The summed E-state index contributed by atoms with van der Waals surface area (Å²) in [5, 5.41) is 12.0. The highest BCUT2D eigenvalue weighted by Gasteiger charge is 2.68. The van der Waals surface area contributed by atoms with Crippen LogP contribution in [0.4, 0.5) is 4.79 Å². The van der Waals surface area contributed by atoms with Crippen LogP contribution >= 0.6 is 0 Å². The molecule has 4 heterocycles. The summed E-state index contributed by atoms with van der Waals surface area (Å²) in [6, 6.07) is 7.16. The largest absolute Gasteiger partial charge is 0.497 e. The highest BCUT2D eigenvalue weighted by Crippen LogP contribution is 2.50. The normalized spacial score (nSPS) is 38.5. The van der Waals surface area contributed by atoms with Crippen molar-refractivity contribution in [2.24, 2.45) is 11.8 Å². The summed E-state index contributed by atoms with van der Waals surface area (Å²) in [7, 11) is 2.42. The molecule has 2 bridgehead atoms. The van der Waals surface area contributed by atoms with Gasteiger partial charge in [-0.1, -0.05) is 71.5 Å². The Balaban J connectivity index is 1.38. The number of methoxy groups -OCH3 is 3. The van der Waals surface area contributed by atoms with Gasteiger partial charge in [0, 0.05) is 38.9 Å². The maximum Gasteiger partial charge on any atom is 0.402 e. The number of hydrogen-bond acceptors (Lipinski definition) is 12. The number of cyclic esters (lactones) is 1. The van der Waals surface area contributed by atoms with Crippen LogP contribution in [0.15, 0.2) is 35.9 Å². The van der Waals surface area contributed by atoms with Crippen molar-refractivity contribution in [3.8, 4) is 5.75 Å². The Labute approximate surface area is 328 Å². The lowest BCUT2D eigenvalue weighted by atomic mass is 9.79. The van der Waals surface area contributed by atoms with Crippen LogP contribution in [0.5, 0.6) is 5.75 Å². The van der Waals surface area contributed by atoms with E-state index in [1.165, 1.54) is 0 Å². The number of ether oxygens (including phenoxy) is 9. The van der Waals surface area contributed by atoms with E-state index in [0.29, 0.717) is 13.0 Å². The predicted octanol–water partition coefficient (Wildman–Crippen LogP) is 6.36. The molecular weight excluding hydrogens is 727 g/mol. The Morgan fingerprint density at radius 2 is 1.69 bits per heavy atom. The van der Waals surface area contributed by atoms with Gasteiger partial charge in [-0.05, 0) is 43.5 Å². The summed E-state index contributed by atoms with van der Waals surface area (Å²) >= 11 is 0. The van der Waals surface area contributed by atoms with Crippen molar-refractivity contribution in [1.82, 2.24) is 4.57 Å². The van der Waals surface area contributed by atoms with Crippen LogP contribution in [0.25, 0.3) is 0 Å². The molecule has 0 aromatic heterocycles. The van der Waals surface area contributed by atoms with E-state index in [4.69, 9.17) is 42.6 Å². The van der Waals surface area contributed by atoms with Gasteiger partial charge < -0.3 is 52.3 Å². The first-order valence-corrected chi connectivity index (χ1v) is 22.5. The fourth-order valence-corrected chi connectivity index (χ4v) is 11.1. The molecule has 3 saturated heterocycles. The number of esters is 1. The highest BCUT2D eigenvalue weighted by atomic mass is 28.3. The number of nitrogens with zero attached hydrogens (tertiary/aromatic N) is 1. The summed E-state index contributed by atoms with van der Waals surface area (Å²) in [6.07, 6.45) is -2.85. The summed E-state index contributed by atoms with van der Waals surface area (Å²) < 4.78 is 57.4. The Bertz CT molecular complexity index is 1530. The van der Waals surface area contributed by atoms with Crippen molar-refractivity contribution in [2.75, 3.05) is 27.9 Å². The zero-order chi connectivity index (χ0) is 40.7. The smallest absolute Gasteiger partial charge is 0.402 e. The lowest BCUT2D eigenvalue weighted by Crippen LogP contribution is -2.71. The first-order valence-electron chi connectivity index (χ1n) is 19.5. The Morgan fingerprint density at radius 1 is 1.02 bits per heavy atom. The summed E-state index contributed by atoms with van der Waals surface area (Å²) in [5.74, 6) is -2.33. The number of carbonyl (C=O) groups excluding carboxylic acids is 2. The average molecular weight is 792 g/mol. The summed E-state index contributed by atoms with van der Waals surface area (Å²) in [6.45, 7) is 21.1. The van der Waals surface area contributed by atoms with Gasteiger partial charge >= 0.3 is 12.1 Å². The molecule has 1 amide bonds. The number of aliphatic hydroxyl groups is 1. The molecule has 14 heteroatoms. The van der Waals surface area contributed by atoms with Crippen LogP contribution in [0.1, 0.15) is 80.2 Å². The van der Waals surface area contributed by atoms with Crippen molar-refractivity contribution in [3.05, 3.63) is 41.5 Å². The lowest BCUT2D eigenvalue weighted by Gasteiger charge is -2.54. The topological polar surface area (TPSA) is 141 Å². The first kappa shape index (κ1) is 43.6. The van der Waals surface area contributed by atoms with E-state index in [1.807, 2.05) is 69.5 Å². The van der Waals surface area contributed by atoms with Crippen LogP contribution < -0.4 is 4.74 Å². The van der Waals surface area contributed by atoms with E-state index in [0.717, 1.165) is 16.9 Å². The van der Waals surface area contributed by atoms with Crippen molar-refractivity contribution in [3.63, 3.8) is 0 Å². The van der Waals surface area contributed by atoms with Gasteiger partial charge in [0.05, 0.1) is 57.2 Å². The molecule has 13 nitrogen and oxygen atoms in total. The number of hydrogen-bond donors (Lipinski definition) is 1. The lowest BCUT2D eigenvalue weighted by molar-refractivity contribution is -0.349. The van der Waals surface area contributed by atoms with E-state index in [2.05, 4.69) is 33.9 Å². The van der Waals surface area contributed by atoms with Gasteiger partial charge in [-0.3, -0.25) is 4.79 Å². The molecule has 4 aliphatic heterocycles. The van der Waals surface area contributed by atoms with Crippen LogP contribution in [0.3, 0.4) is 0 Å². The number of benzene rings is 1. The molecule has 1 N–H and O–H groups in total. The minimum atomic E-state index is -2.40. The van der Waals surface area contributed by atoms with E-state index in [1.54, 1.807) is 21.3 Å². The van der Waals surface area contributed by atoms with Crippen molar-refractivity contribution >= 4 is 20.3 Å². The minimum Gasteiger partial charge on any atom is -0.497 e. The molecule has 310 valence electrons. The van der Waals surface area contributed by atoms with Crippen LogP contribution in [0.2, 0.25) is 18.1 Å². The molecule has 1 aromatic carbocycles. The quantitative estimate of drug-likeness (QED) is 0.160. The Hall–Kier alpha value is -2.56. The second-order valence-corrected chi connectivity index (χ2v) is 22.8. The summed E-state index contributed by atoms with van der Waals surface area (Å²) in [4.78, 5) is 27.4. The fourth-order valence-electron chi connectivity index (χ4n) is 8.69. The number of rotatable bonds is 10. The second kappa shape index (κ2) is 16.7. The summed E-state index contributed by atoms with van der Waals surface area (Å²) in [5.41, 5.74) is 0.827. The Kier molecular flexibility index (Phi) is 13.2. The predicted molar refractivity (Wildman–Crippen MR) is 207 cm³/mol. The van der Waals surface area contributed by atoms with Crippen LogP contribution in [-0.2, 0) is 49.3 Å². The molecule has 0 aliphatic carbocycles. The standard InChI is InChI=1S/C41H65NO12Si/c1-24-18-30(23-49-22-28-14-16-29(46-9)17-15-28)51-33(43)21-41(45)20-32(26(3)34(53-41)25(2)31(19-24)47-10)52-37-36(48-11)40(8)35(27(4)50-37)42(38(44)54-40)55(12,13)39(5,6)7/h14-17,19,25-27,30-32,34-37,45H,18,20-23H2,1-13H3/b24-19+/t25-,26-,27+,30+,31-,32+,34+,35-,36+,37+,40-,41+/m1/s1. The van der Waals surface area contributed by atoms with Crippen LogP contribution in [0, 0.1) is 11.8 Å². The van der Waals surface area contributed by atoms with Crippen LogP contribution in [-0.4, -0.2) is 118 Å². The molecule has 0 unspecified atom stereocenters.